The van der Waals surface area contributed by atoms with Gasteiger partial charge in [-0.1, -0.05) is 6.07 Å². The quantitative estimate of drug-likeness (QED) is 0.695. The Morgan fingerprint density at radius 1 is 1.15 bits per heavy atom. The molecule has 1 amide bonds. The molecular formula is C19H18FN3O2S. The summed E-state index contributed by atoms with van der Waals surface area (Å²) in [5.74, 6) is -0.455. The van der Waals surface area contributed by atoms with Gasteiger partial charge in [0.15, 0.2) is 0 Å². The van der Waals surface area contributed by atoms with Gasteiger partial charge in [0.05, 0.1) is 12.2 Å². The van der Waals surface area contributed by atoms with Crippen LogP contribution in [0.25, 0.3) is 11.3 Å². The van der Waals surface area contributed by atoms with Crippen molar-refractivity contribution < 1.29 is 9.18 Å². The van der Waals surface area contributed by atoms with Gasteiger partial charge in [-0.05, 0) is 48.2 Å². The predicted molar refractivity (Wildman–Crippen MR) is 99.5 cm³/mol. The van der Waals surface area contributed by atoms with Gasteiger partial charge >= 0.3 is 0 Å². The van der Waals surface area contributed by atoms with Gasteiger partial charge < -0.3 is 5.32 Å². The van der Waals surface area contributed by atoms with Crippen molar-refractivity contribution >= 4 is 17.2 Å². The summed E-state index contributed by atoms with van der Waals surface area (Å²) >= 11 is 1.66. The fraction of sp³-hybridized carbons (Fsp3) is 0.211. The summed E-state index contributed by atoms with van der Waals surface area (Å²) in [6.07, 6.45) is 0.964. The number of nitrogens with zero attached hydrogens (tertiary/aromatic N) is 2. The Hall–Kier alpha value is -2.80. The number of aryl methyl sites for hydroxylation is 1. The summed E-state index contributed by atoms with van der Waals surface area (Å²) in [4.78, 5) is 25.1. The first-order valence-corrected chi connectivity index (χ1v) is 9.13. The van der Waals surface area contributed by atoms with E-state index < -0.39 is 0 Å². The largest absolute Gasteiger partial charge is 0.356 e. The molecule has 0 aliphatic carbocycles. The van der Waals surface area contributed by atoms with Crippen molar-refractivity contribution in [2.75, 3.05) is 6.54 Å². The minimum atomic E-state index is -0.332. The Labute approximate surface area is 154 Å². The first-order valence-electron chi connectivity index (χ1n) is 8.25. The average molecular weight is 371 g/mol. The van der Waals surface area contributed by atoms with Crippen molar-refractivity contribution in [3.63, 3.8) is 0 Å². The molecular weight excluding hydrogens is 353 g/mol. The number of benzene rings is 1. The van der Waals surface area contributed by atoms with Gasteiger partial charge in [-0.15, -0.1) is 11.3 Å². The van der Waals surface area contributed by atoms with E-state index in [0.717, 1.165) is 6.42 Å². The first kappa shape index (κ1) is 18.0. The number of carbonyl (C=O) groups is 1. The smallest absolute Gasteiger partial charge is 0.266 e. The van der Waals surface area contributed by atoms with Crippen molar-refractivity contribution in [3.8, 4) is 11.3 Å². The van der Waals surface area contributed by atoms with Crippen LogP contribution in [-0.4, -0.2) is 22.2 Å². The summed E-state index contributed by atoms with van der Waals surface area (Å²) < 4.78 is 14.3. The Balaban J connectivity index is 1.57. The second kappa shape index (κ2) is 8.53. The van der Waals surface area contributed by atoms with Crippen LogP contribution in [0.15, 0.2) is 58.7 Å². The van der Waals surface area contributed by atoms with Crippen LogP contribution in [0.1, 0.15) is 11.3 Å². The van der Waals surface area contributed by atoms with Crippen LogP contribution < -0.4 is 10.9 Å². The summed E-state index contributed by atoms with van der Waals surface area (Å²) in [7, 11) is 0. The Kier molecular flexibility index (Phi) is 5.91. The zero-order valence-corrected chi connectivity index (χ0v) is 14.8. The van der Waals surface area contributed by atoms with E-state index in [0.29, 0.717) is 17.8 Å². The molecule has 0 aliphatic heterocycles. The van der Waals surface area contributed by atoms with Gasteiger partial charge in [0.25, 0.3) is 5.56 Å². The number of nitrogens with one attached hydrogen (secondary N) is 1. The Morgan fingerprint density at radius 2 is 1.96 bits per heavy atom. The third-order valence-electron chi connectivity index (χ3n) is 3.83. The molecule has 0 aliphatic rings. The molecule has 1 N–H and O–H groups in total. The lowest BCUT2D eigenvalue weighted by atomic mass is 10.1. The lowest BCUT2D eigenvalue weighted by Crippen LogP contribution is -2.29. The molecule has 1 aromatic carbocycles. The minimum Gasteiger partial charge on any atom is -0.356 e. The van der Waals surface area contributed by atoms with Gasteiger partial charge in [-0.3, -0.25) is 9.59 Å². The van der Waals surface area contributed by atoms with Crippen LogP contribution in [0.2, 0.25) is 0 Å². The van der Waals surface area contributed by atoms with Gasteiger partial charge in [-0.2, -0.15) is 5.10 Å². The average Bonchev–Trinajstić information content (AvgIpc) is 3.15. The Bertz CT molecular complexity index is 921. The van der Waals surface area contributed by atoms with E-state index in [1.165, 1.54) is 27.8 Å². The second-order valence-corrected chi connectivity index (χ2v) is 6.75. The topological polar surface area (TPSA) is 64.0 Å². The molecule has 5 nitrogen and oxygen atoms in total. The molecule has 0 bridgehead atoms. The van der Waals surface area contributed by atoms with Crippen molar-refractivity contribution in [3.05, 3.63) is 75.0 Å². The summed E-state index contributed by atoms with van der Waals surface area (Å²) in [5.41, 5.74) is 0.991. The van der Waals surface area contributed by atoms with Crippen molar-refractivity contribution in [1.82, 2.24) is 15.1 Å². The molecule has 0 saturated carbocycles. The van der Waals surface area contributed by atoms with E-state index in [9.17, 15) is 14.0 Å². The summed E-state index contributed by atoms with van der Waals surface area (Å²) in [6, 6.07) is 12.9. The summed E-state index contributed by atoms with van der Waals surface area (Å²) in [5, 5.41) is 9.12. The normalized spacial score (nSPS) is 10.7. The van der Waals surface area contributed by atoms with Gasteiger partial charge in [0, 0.05) is 29.5 Å². The van der Waals surface area contributed by atoms with Crippen molar-refractivity contribution in [2.24, 2.45) is 0 Å². The number of carbonyl (C=O) groups excluding carboxylic acids is 1. The lowest BCUT2D eigenvalue weighted by molar-refractivity contribution is -0.121. The molecule has 0 spiro atoms. The van der Waals surface area contributed by atoms with Crippen molar-refractivity contribution in [2.45, 2.75) is 19.4 Å². The molecule has 0 fully saturated rings. The predicted octanol–water partition coefficient (Wildman–Crippen LogP) is 2.86. The van der Waals surface area contributed by atoms with Crippen LogP contribution in [-0.2, 0) is 17.8 Å². The van der Waals surface area contributed by atoms with Crippen LogP contribution >= 0.6 is 11.3 Å². The molecule has 0 atom stereocenters. The fourth-order valence-corrected chi connectivity index (χ4v) is 3.17. The minimum absolute atomic E-state index is 0.123. The molecule has 0 radical (unpaired) electrons. The summed E-state index contributed by atoms with van der Waals surface area (Å²) in [6.45, 7) is 0.760. The van der Waals surface area contributed by atoms with E-state index in [1.807, 2.05) is 17.5 Å². The number of aromatic nitrogens is 2. The molecule has 7 heteroatoms. The third-order valence-corrected chi connectivity index (χ3v) is 4.77. The molecule has 2 heterocycles. The lowest BCUT2D eigenvalue weighted by Gasteiger charge is -2.08. The molecule has 26 heavy (non-hydrogen) atoms. The van der Waals surface area contributed by atoms with Crippen LogP contribution in [0.4, 0.5) is 4.39 Å². The van der Waals surface area contributed by atoms with E-state index in [4.69, 9.17) is 0 Å². The van der Waals surface area contributed by atoms with E-state index >= 15 is 0 Å². The highest BCUT2D eigenvalue weighted by Gasteiger charge is 2.07. The SMILES string of the molecule is O=C(CCn1nc(-c2ccc(F)cc2)ccc1=O)NCCc1cccs1. The zero-order chi connectivity index (χ0) is 18.4. The first-order chi connectivity index (χ1) is 12.6. The van der Waals surface area contributed by atoms with Crippen LogP contribution in [0, 0.1) is 5.82 Å². The van der Waals surface area contributed by atoms with Crippen LogP contribution in [0.5, 0.6) is 0 Å². The maximum atomic E-state index is 13.0. The molecule has 3 rings (SSSR count). The number of thiophene rings is 1. The zero-order valence-electron chi connectivity index (χ0n) is 14.0. The molecule has 0 saturated heterocycles. The highest BCUT2D eigenvalue weighted by atomic mass is 32.1. The molecule has 134 valence electrons. The second-order valence-electron chi connectivity index (χ2n) is 5.72. The molecule has 0 unspecified atom stereocenters. The van der Waals surface area contributed by atoms with E-state index in [1.54, 1.807) is 29.5 Å². The maximum Gasteiger partial charge on any atom is 0.266 e. The van der Waals surface area contributed by atoms with Crippen LogP contribution in [0.3, 0.4) is 0 Å². The highest BCUT2D eigenvalue weighted by Crippen LogP contribution is 2.15. The Morgan fingerprint density at radius 3 is 2.69 bits per heavy atom. The maximum absolute atomic E-state index is 13.0. The number of halogens is 1. The van der Waals surface area contributed by atoms with Gasteiger partial charge in [-0.25, -0.2) is 9.07 Å². The van der Waals surface area contributed by atoms with Gasteiger partial charge in [0.1, 0.15) is 5.82 Å². The molecule has 2 aromatic heterocycles. The standard InChI is InChI=1S/C19H18FN3O2S/c20-15-5-3-14(4-6-15)17-7-8-19(25)23(22-17)12-10-18(24)21-11-9-16-2-1-13-26-16/h1-8,13H,9-12H2,(H,21,24). The van der Waals surface area contributed by atoms with E-state index in [-0.39, 0.29) is 30.2 Å². The highest BCUT2D eigenvalue weighted by molar-refractivity contribution is 7.09. The van der Waals surface area contributed by atoms with Crippen molar-refractivity contribution in [1.29, 1.82) is 0 Å². The number of hydrogen-bond donors (Lipinski definition) is 1. The number of hydrogen-bond acceptors (Lipinski definition) is 4. The van der Waals surface area contributed by atoms with Gasteiger partial charge in [0.2, 0.25) is 5.91 Å². The van der Waals surface area contributed by atoms with E-state index in [2.05, 4.69) is 10.4 Å². The number of amides is 1. The number of rotatable bonds is 7. The third kappa shape index (κ3) is 4.86. The monoisotopic (exact) mass is 371 g/mol. The molecule has 3 aromatic rings. The fourth-order valence-electron chi connectivity index (χ4n) is 2.46.